The van der Waals surface area contributed by atoms with Crippen molar-refractivity contribution in [3.8, 4) is 11.5 Å². The Kier molecular flexibility index (Phi) is 6.74. The van der Waals surface area contributed by atoms with Crippen LogP contribution in [0, 0.1) is 0 Å². The van der Waals surface area contributed by atoms with Gasteiger partial charge >= 0.3 is 5.91 Å². The SMILES string of the molecule is COc1ccc(C(=O)N[C@@H]2C(=O)N/[N+](=C\c3ccc(Br)cc3)[C@H]2c2ccc(OC)cc2)cc1. The van der Waals surface area contributed by atoms with Crippen molar-refractivity contribution >= 4 is 34.0 Å². The molecule has 0 unspecified atom stereocenters. The largest absolute Gasteiger partial charge is 0.497 e. The van der Waals surface area contributed by atoms with E-state index in [4.69, 9.17) is 9.47 Å². The number of carbonyl (C=O) groups is 2. The van der Waals surface area contributed by atoms with Crippen molar-refractivity contribution in [2.75, 3.05) is 14.2 Å². The molecule has 1 aliphatic heterocycles. The van der Waals surface area contributed by atoms with Gasteiger partial charge in [0.25, 0.3) is 5.91 Å². The second kappa shape index (κ2) is 9.87. The lowest BCUT2D eigenvalue weighted by molar-refractivity contribution is -0.596. The van der Waals surface area contributed by atoms with E-state index in [0.717, 1.165) is 15.6 Å². The summed E-state index contributed by atoms with van der Waals surface area (Å²) in [5.41, 5.74) is 5.07. The van der Waals surface area contributed by atoms with E-state index in [1.54, 1.807) is 43.2 Å². The molecule has 3 aromatic carbocycles. The molecule has 1 aliphatic rings. The Morgan fingerprint density at radius 2 is 1.52 bits per heavy atom. The molecule has 0 bridgehead atoms. The molecular weight excluding hydrogens is 486 g/mol. The van der Waals surface area contributed by atoms with Crippen LogP contribution in [0.1, 0.15) is 27.5 Å². The van der Waals surface area contributed by atoms with Gasteiger partial charge in [-0.25, -0.2) is 0 Å². The van der Waals surface area contributed by atoms with Gasteiger partial charge in [-0.1, -0.05) is 15.9 Å². The Balaban J connectivity index is 1.67. The lowest BCUT2D eigenvalue weighted by Crippen LogP contribution is -2.42. The predicted molar refractivity (Wildman–Crippen MR) is 128 cm³/mol. The Bertz CT molecular complexity index is 1180. The Labute approximate surface area is 200 Å². The number of methoxy groups -OCH3 is 2. The van der Waals surface area contributed by atoms with E-state index in [1.165, 1.54) is 0 Å². The van der Waals surface area contributed by atoms with Crippen molar-refractivity contribution in [1.29, 1.82) is 0 Å². The molecule has 1 fully saturated rings. The standard InChI is InChI=1S/C25H22BrN3O4/c1-32-20-11-5-17(6-12-20)23-22(27-24(30)18-7-13-21(33-2)14-8-18)25(31)28-29(23)15-16-3-9-19(26)10-4-16/h3-15,22-23H,1-2H3,(H-,27,28,30,31)/p+1/b29-15-/t22-,23-/m0/s1. The highest BCUT2D eigenvalue weighted by atomic mass is 79.9. The second-order valence-electron chi connectivity index (χ2n) is 7.46. The topological polar surface area (TPSA) is 79.7 Å². The van der Waals surface area contributed by atoms with Crippen LogP contribution in [0.3, 0.4) is 0 Å². The van der Waals surface area contributed by atoms with Crippen LogP contribution < -0.4 is 20.2 Å². The van der Waals surface area contributed by atoms with E-state index >= 15 is 0 Å². The lowest BCUT2D eigenvalue weighted by atomic mass is 9.99. The fourth-order valence-corrected chi connectivity index (χ4v) is 3.92. The molecule has 2 atom stereocenters. The van der Waals surface area contributed by atoms with Crippen LogP contribution in [0.25, 0.3) is 0 Å². The number of hydrazone groups is 1. The maximum absolute atomic E-state index is 13.0. The highest BCUT2D eigenvalue weighted by Gasteiger charge is 2.47. The summed E-state index contributed by atoms with van der Waals surface area (Å²) in [4.78, 5) is 25.9. The summed E-state index contributed by atoms with van der Waals surface area (Å²) in [5.74, 6) is 0.711. The fraction of sp³-hybridized carbons (Fsp3) is 0.160. The number of rotatable bonds is 6. The molecule has 1 saturated heterocycles. The zero-order valence-electron chi connectivity index (χ0n) is 18.1. The third kappa shape index (κ3) is 5.06. The number of ether oxygens (including phenoxy) is 2. The first-order valence-electron chi connectivity index (χ1n) is 10.3. The first kappa shape index (κ1) is 22.5. The number of hydrogen-bond acceptors (Lipinski definition) is 4. The van der Waals surface area contributed by atoms with Crippen molar-refractivity contribution < 1.29 is 23.7 Å². The van der Waals surface area contributed by atoms with Crippen LogP contribution in [-0.2, 0) is 4.79 Å². The number of hydrogen-bond donors (Lipinski definition) is 2. The average molecular weight is 509 g/mol. The van der Waals surface area contributed by atoms with E-state index in [1.807, 2.05) is 54.7 Å². The van der Waals surface area contributed by atoms with Gasteiger partial charge in [0.2, 0.25) is 12.3 Å². The van der Waals surface area contributed by atoms with Crippen LogP contribution in [-0.4, -0.2) is 43.0 Å². The van der Waals surface area contributed by atoms with Gasteiger partial charge in [0.05, 0.1) is 14.2 Å². The van der Waals surface area contributed by atoms with Gasteiger partial charge in [-0.3, -0.25) is 9.59 Å². The Morgan fingerprint density at radius 1 is 0.939 bits per heavy atom. The third-order valence-corrected chi connectivity index (χ3v) is 5.92. The number of halogens is 1. The van der Waals surface area contributed by atoms with Gasteiger partial charge in [-0.2, -0.15) is 0 Å². The van der Waals surface area contributed by atoms with Crippen LogP contribution >= 0.6 is 15.9 Å². The van der Waals surface area contributed by atoms with Gasteiger partial charge in [-0.15, -0.1) is 10.1 Å². The Morgan fingerprint density at radius 3 is 2.09 bits per heavy atom. The second-order valence-corrected chi connectivity index (χ2v) is 8.38. The molecule has 7 nitrogen and oxygen atoms in total. The number of nitrogens with one attached hydrogen (secondary N) is 2. The summed E-state index contributed by atoms with van der Waals surface area (Å²) in [7, 11) is 3.16. The number of hydrazine groups is 1. The molecule has 0 spiro atoms. The zero-order chi connectivity index (χ0) is 23.4. The minimum absolute atomic E-state index is 0.300. The molecule has 0 aromatic heterocycles. The predicted octanol–water partition coefficient (Wildman–Crippen LogP) is 3.48. The van der Waals surface area contributed by atoms with Gasteiger partial charge in [0, 0.05) is 21.2 Å². The number of nitrogens with zero attached hydrogens (tertiary/aromatic N) is 1. The first-order valence-corrected chi connectivity index (χ1v) is 11.1. The molecule has 8 heteroatoms. The molecule has 0 radical (unpaired) electrons. The maximum atomic E-state index is 13.0. The maximum Gasteiger partial charge on any atom is 0.304 e. The van der Waals surface area contributed by atoms with Crippen molar-refractivity contribution in [3.05, 3.63) is 94.0 Å². The highest BCUT2D eigenvalue weighted by Crippen LogP contribution is 2.27. The summed E-state index contributed by atoms with van der Waals surface area (Å²) in [6.07, 6.45) is 1.85. The molecule has 33 heavy (non-hydrogen) atoms. The summed E-state index contributed by atoms with van der Waals surface area (Å²) in [5, 5.41) is 2.89. The number of amides is 2. The fourth-order valence-electron chi connectivity index (χ4n) is 3.66. The quantitative estimate of drug-likeness (QED) is 0.499. The smallest absolute Gasteiger partial charge is 0.304 e. The number of carbonyl (C=O) groups excluding carboxylic acids is 2. The lowest BCUT2D eigenvalue weighted by Gasteiger charge is -2.15. The molecule has 2 amide bonds. The summed E-state index contributed by atoms with van der Waals surface area (Å²) < 4.78 is 13.1. The monoisotopic (exact) mass is 508 g/mol. The minimum atomic E-state index is -0.806. The van der Waals surface area contributed by atoms with Crippen molar-refractivity contribution in [2.24, 2.45) is 0 Å². The van der Waals surface area contributed by atoms with E-state index in [0.29, 0.717) is 17.1 Å². The number of benzene rings is 3. The molecule has 1 heterocycles. The van der Waals surface area contributed by atoms with E-state index in [9.17, 15) is 9.59 Å². The zero-order valence-corrected chi connectivity index (χ0v) is 19.7. The summed E-state index contributed by atoms with van der Waals surface area (Å²) in [6.45, 7) is 0. The van der Waals surface area contributed by atoms with Crippen LogP contribution in [0.4, 0.5) is 0 Å². The van der Waals surface area contributed by atoms with E-state index < -0.39 is 12.1 Å². The minimum Gasteiger partial charge on any atom is -0.497 e. The normalized spacial score (nSPS) is 18.6. The average Bonchev–Trinajstić information content (AvgIpc) is 3.14. The van der Waals surface area contributed by atoms with Gasteiger partial charge < -0.3 is 14.8 Å². The van der Waals surface area contributed by atoms with E-state index in [2.05, 4.69) is 26.7 Å². The van der Waals surface area contributed by atoms with Crippen LogP contribution in [0.2, 0.25) is 0 Å². The van der Waals surface area contributed by atoms with E-state index in [-0.39, 0.29) is 11.8 Å². The summed E-state index contributed by atoms with van der Waals surface area (Å²) >= 11 is 3.43. The van der Waals surface area contributed by atoms with Crippen LogP contribution in [0.15, 0.2) is 77.3 Å². The summed E-state index contributed by atoms with van der Waals surface area (Å²) in [6, 6.07) is 20.6. The van der Waals surface area contributed by atoms with Gasteiger partial charge in [-0.05, 0) is 72.8 Å². The van der Waals surface area contributed by atoms with Gasteiger partial charge in [0.15, 0.2) is 6.04 Å². The highest BCUT2D eigenvalue weighted by molar-refractivity contribution is 9.10. The van der Waals surface area contributed by atoms with Gasteiger partial charge in [0.1, 0.15) is 11.5 Å². The molecule has 0 aliphatic carbocycles. The van der Waals surface area contributed by atoms with Crippen LogP contribution in [0.5, 0.6) is 11.5 Å². The molecule has 2 N–H and O–H groups in total. The third-order valence-electron chi connectivity index (χ3n) is 5.39. The van der Waals surface area contributed by atoms with Crippen molar-refractivity contribution in [2.45, 2.75) is 12.1 Å². The molecule has 168 valence electrons. The van der Waals surface area contributed by atoms with Crippen molar-refractivity contribution in [1.82, 2.24) is 10.7 Å². The molecule has 4 rings (SSSR count). The molecule has 0 saturated carbocycles. The first-order chi connectivity index (χ1) is 16.0. The molecular formula is C25H23BrN3O4+. The molecule has 3 aromatic rings. The Hall–Kier alpha value is -3.65. The van der Waals surface area contributed by atoms with Crippen molar-refractivity contribution in [3.63, 3.8) is 0 Å².